The van der Waals surface area contributed by atoms with Gasteiger partial charge in [-0.3, -0.25) is 19.7 Å². The van der Waals surface area contributed by atoms with Gasteiger partial charge in [-0.1, -0.05) is 44.4 Å². The Bertz CT molecular complexity index is 1230. The first-order valence-corrected chi connectivity index (χ1v) is 11.1. The smallest absolute Gasteiger partial charge is 0.359 e. The molecule has 1 aromatic heterocycles. The number of unbranched alkanes of at least 4 members (excludes halogenated alkanes) is 3. The number of aromatic nitrogens is 2. The molecule has 0 bridgehead atoms. The minimum atomic E-state index is -0.856. The number of aryl methyl sites for hydroxylation is 1. The lowest BCUT2D eigenvalue weighted by Crippen LogP contribution is -2.34. The molecule has 0 radical (unpaired) electrons. The van der Waals surface area contributed by atoms with Crippen LogP contribution >= 0.6 is 0 Å². The maximum Gasteiger partial charge on any atom is 0.359 e. The number of hydrogen-bond donors (Lipinski definition) is 1. The third kappa shape index (κ3) is 6.06. The Morgan fingerprint density at radius 2 is 1.68 bits per heavy atom. The largest absolute Gasteiger partial charge is 0.497 e. The molecule has 0 unspecified atom stereocenters. The van der Waals surface area contributed by atoms with Gasteiger partial charge in [0, 0.05) is 17.5 Å². The minimum Gasteiger partial charge on any atom is -0.497 e. The summed E-state index contributed by atoms with van der Waals surface area (Å²) in [7, 11) is 1.50. The molecule has 0 saturated carbocycles. The summed E-state index contributed by atoms with van der Waals surface area (Å²) in [6.45, 7) is 1.79. The van der Waals surface area contributed by atoms with E-state index < -0.39 is 24.4 Å². The number of fused-ring (bicyclic) bond motifs is 1. The van der Waals surface area contributed by atoms with E-state index in [4.69, 9.17) is 9.47 Å². The molecule has 3 aromatic rings. The summed E-state index contributed by atoms with van der Waals surface area (Å²) in [6, 6.07) is 12.8. The van der Waals surface area contributed by atoms with Crippen molar-refractivity contribution in [3.05, 3.63) is 70.1 Å². The summed E-state index contributed by atoms with van der Waals surface area (Å²) in [6.07, 6.45) is 3.80. The summed E-state index contributed by atoms with van der Waals surface area (Å²) >= 11 is 0. The number of rotatable bonds is 10. The van der Waals surface area contributed by atoms with Crippen LogP contribution in [0.4, 0.5) is 0 Å². The van der Waals surface area contributed by atoms with Crippen LogP contribution in [0.2, 0.25) is 0 Å². The summed E-state index contributed by atoms with van der Waals surface area (Å²) < 4.78 is 11.4. The van der Waals surface area contributed by atoms with Crippen LogP contribution in [0.1, 0.15) is 53.5 Å². The monoisotopic (exact) mass is 465 g/mol. The normalized spacial score (nSPS) is 10.6. The van der Waals surface area contributed by atoms with Gasteiger partial charge >= 0.3 is 5.97 Å². The Morgan fingerprint density at radius 3 is 2.35 bits per heavy atom. The van der Waals surface area contributed by atoms with Crippen LogP contribution in [0.25, 0.3) is 10.8 Å². The number of methoxy groups -OCH3 is 1. The molecule has 0 aliphatic heterocycles. The van der Waals surface area contributed by atoms with Crippen LogP contribution in [-0.4, -0.2) is 41.3 Å². The fourth-order valence-corrected chi connectivity index (χ4v) is 3.40. The molecule has 34 heavy (non-hydrogen) atoms. The summed E-state index contributed by atoms with van der Waals surface area (Å²) in [5.41, 5.74) is -0.0882. The van der Waals surface area contributed by atoms with Gasteiger partial charge in [0.25, 0.3) is 17.4 Å². The van der Waals surface area contributed by atoms with Crippen molar-refractivity contribution in [1.29, 1.82) is 0 Å². The second-order valence-corrected chi connectivity index (χ2v) is 7.67. The molecule has 2 amide bonds. The average Bonchev–Trinajstić information content (AvgIpc) is 2.86. The van der Waals surface area contributed by atoms with Crippen molar-refractivity contribution in [2.75, 3.05) is 13.7 Å². The maximum atomic E-state index is 12.8. The van der Waals surface area contributed by atoms with Crippen molar-refractivity contribution in [3.8, 4) is 5.75 Å². The lowest BCUT2D eigenvalue weighted by atomic mass is 10.1. The van der Waals surface area contributed by atoms with Crippen LogP contribution in [0, 0.1) is 0 Å². The molecule has 0 spiro atoms. The molecule has 0 saturated heterocycles. The zero-order valence-electron chi connectivity index (χ0n) is 19.2. The van der Waals surface area contributed by atoms with E-state index in [0.717, 1.165) is 25.7 Å². The highest BCUT2D eigenvalue weighted by Gasteiger charge is 2.20. The van der Waals surface area contributed by atoms with E-state index in [-0.39, 0.29) is 16.8 Å². The fourth-order valence-electron chi connectivity index (χ4n) is 3.40. The van der Waals surface area contributed by atoms with Crippen molar-refractivity contribution < 1.29 is 23.9 Å². The number of nitrogens with one attached hydrogen (secondary N) is 1. The second kappa shape index (κ2) is 11.7. The molecule has 9 nitrogen and oxygen atoms in total. The molecule has 9 heteroatoms. The predicted molar refractivity (Wildman–Crippen MR) is 126 cm³/mol. The molecule has 2 aromatic carbocycles. The van der Waals surface area contributed by atoms with Crippen LogP contribution in [0.5, 0.6) is 5.75 Å². The molecular formula is C25H27N3O6. The van der Waals surface area contributed by atoms with E-state index in [1.165, 1.54) is 23.9 Å². The van der Waals surface area contributed by atoms with E-state index >= 15 is 0 Å². The Balaban J connectivity index is 1.69. The summed E-state index contributed by atoms with van der Waals surface area (Å²) in [4.78, 5) is 49.9. The van der Waals surface area contributed by atoms with E-state index in [9.17, 15) is 19.2 Å². The van der Waals surface area contributed by atoms with E-state index in [2.05, 4.69) is 17.3 Å². The zero-order chi connectivity index (χ0) is 24.5. The van der Waals surface area contributed by atoms with Crippen molar-refractivity contribution in [2.24, 2.45) is 0 Å². The quantitative estimate of drug-likeness (QED) is 0.361. The van der Waals surface area contributed by atoms with Gasteiger partial charge in [-0.05, 0) is 36.8 Å². The van der Waals surface area contributed by atoms with Crippen LogP contribution in [-0.2, 0) is 16.1 Å². The standard InChI is InChI=1S/C25H27N3O6/c1-3-4-5-8-15-28-24(31)20-10-7-6-9-19(20)22(27-28)25(32)34-16-21(29)26-23(30)17-11-13-18(33-2)14-12-17/h6-7,9-14H,3-5,8,15-16H2,1-2H3,(H,26,29,30). The third-order valence-electron chi connectivity index (χ3n) is 5.22. The molecule has 0 aliphatic rings. The van der Waals surface area contributed by atoms with Gasteiger partial charge in [0.1, 0.15) is 5.75 Å². The Labute approximate surface area is 196 Å². The van der Waals surface area contributed by atoms with Crippen molar-refractivity contribution in [1.82, 2.24) is 15.1 Å². The second-order valence-electron chi connectivity index (χ2n) is 7.67. The van der Waals surface area contributed by atoms with Gasteiger partial charge < -0.3 is 9.47 Å². The van der Waals surface area contributed by atoms with Gasteiger partial charge in [-0.25, -0.2) is 9.48 Å². The highest BCUT2D eigenvalue weighted by Crippen LogP contribution is 2.15. The SMILES string of the molecule is CCCCCCn1nc(C(=O)OCC(=O)NC(=O)c2ccc(OC)cc2)c2ccccc2c1=O. The van der Waals surface area contributed by atoms with Gasteiger partial charge in [0.05, 0.1) is 12.5 Å². The third-order valence-corrected chi connectivity index (χ3v) is 5.22. The Morgan fingerprint density at radius 1 is 0.971 bits per heavy atom. The molecule has 1 N–H and O–H groups in total. The van der Waals surface area contributed by atoms with E-state index in [0.29, 0.717) is 23.1 Å². The highest BCUT2D eigenvalue weighted by molar-refractivity contribution is 6.06. The predicted octanol–water partition coefficient (Wildman–Crippen LogP) is 3.10. The number of benzene rings is 2. The number of nitrogens with zero attached hydrogens (tertiary/aromatic N) is 2. The zero-order valence-corrected chi connectivity index (χ0v) is 19.2. The number of imide groups is 1. The number of amides is 2. The number of esters is 1. The minimum absolute atomic E-state index is 0.0556. The molecule has 0 fully saturated rings. The number of carbonyl (C=O) groups is 3. The number of ether oxygens (including phenoxy) is 2. The Hall–Kier alpha value is -4.01. The van der Waals surface area contributed by atoms with E-state index in [1.54, 1.807) is 36.4 Å². The average molecular weight is 466 g/mol. The van der Waals surface area contributed by atoms with Crippen molar-refractivity contribution >= 4 is 28.6 Å². The molecule has 178 valence electrons. The maximum absolute atomic E-state index is 12.8. The van der Waals surface area contributed by atoms with Crippen LogP contribution < -0.4 is 15.6 Å². The van der Waals surface area contributed by atoms with Crippen molar-refractivity contribution in [3.63, 3.8) is 0 Å². The Kier molecular flexibility index (Phi) is 8.50. The first-order chi connectivity index (χ1) is 16.4. The van der Waals surface area contributed by atoms with Gasteiger partial charge in [0.15, 0.2) is 12.3 Å². The van der Waals surface area contributed by atoms with Crippen molar-refractivity contribution in [2.45, 2.75) is 39.2 Å². The van der Waals surface area contributed by atoms with Gasteiger partial charge in [-0.15, -0.1) is 0 Å². The molecule has 0 aliphatic carbocycles. The van der Waals surface area contributed by atoms with Crippen LogP contribution in [0.15, 0.2) is 53.3 Å². The fraction of sp³-hybridized carbons (Fsp3) is 0.320. The lowest BCUT2D eigenvalue weighted by Gasteiger charge is -2.11. The topological polar surface area (TPSA) is 117 Å². The molecule has 0 atom stereocenters. The summed E-state index contributed by atoms with van der Waals surface area (Å²) in [5, 5.41) is 7.08. The lowest BCUT2D eigenvalue weighted by molar-refractivity contribution is -0.123. The first-order valence-electron chi connectivity index (χ1n) is 11.1. The molecular weight excluding hydrogens is 438 g/mol. The van der Waals surface area contributed by atoms with Gasteiger partial charge in [0.2, 0.25) is 0 Å². The van der Waals surface area contributed by atoms with Crippen LogP contribution in [0.3, 0.4) is 0 Å². The molecule has 1 heterocycles. The van der Waals surface area contributed by atoms with Gasteiger partial charge in [-0.2, -0.15) is 5.10 Å². The highest BCUT2D eigenvalue weighted by atomic mass is 16.5. The number of carbonyl (C=O) groups excluding carboxylic acids is 3. The first kappa shape index (κ1) is 24.6. The summed E-state index contributed by atoms with van der Waals surface area (Å²) in [5.74, 6) is -1.70. The molecule has 3 rings (SSSR count). The number of hydrogen-bond acceptors (Lipinski definition) is 7. The van der Waals surface area contributed by atoms with E-state index in [1.807, 2.05) is 0 Å².